The van der Waals surface area contributed by atoms with Crippen molar-refractivity contribution in [2.24, 2.45) is 18.9 Å². The molecular weight excluding hydrogens is 234 g/mol. The summed E-state index contributed by atoms with van der Waals surface area (Å²) in [5.41, 5.74) is 2.61. The van der Waals surface area contributed by atoms with E-state index in [1.807, 2.05) is 11.7 Å². The predicted octanol–water partition coefficient (Wildman–Crippen LogP) is 3.46. The van der Waals surface area contributed by atoms with Gasteiger partial charge in [-0.15, -0.1) is 0 Å². The highest BCUT2D eigenvalue weighted by molar-refractivity contribution is 5.20. The van der Waals surface area contributed by atoms with Crippen LogP contribution in [0.5, 0.6) is 0 Å². The number of hydrogen-bond acceptors (Lipinski definition) is 2. The Morgan fingerprint density at radius 1 is 1.26 bits per heavy atom. The molecular formula is C16H29N3. The minimum atomic E-state index is 0.502. The van der Waals surface area contributed by atoms with E-state index in [4.69, 9.17) is 0 Å². The van der Waals surface area contributed by atoms with Gasteiger partial charge in [0.2, 0.25) is 0 Å². The molecule has 1 aromatic rings. The third kappa shape index (κ3) is 3.82. The first-order chi connectivity index (χ1) is 8.95. The van der Waals surface area contributed by atoms with Crippen LogP contribution >= 0.6 is 0 Å². The van der Waals surface area contributed by atoms with Gasteiger partial charge in [0, 0.05) is 31.4 Å². The van der Waals surface area contributed by atoms with Crippen molar-refractivity contribution in [3.05, 3.63) is 17.5 Å². The zero-order chi connectivity index (χ0) is 14.0. The molecule has 3 nitrogen and oxygen atoms in total. The van der Waals surface area contributed by atoms with Crippen molar-refractivity contribution in [3.8, 4) is 0 Å². The van der Waals surface area contributed by atoms with Crippen LogP contribution in [0.4, 0.5) is 0 Å². The van der Waals surface area contributed by atoms with Gasteiger partial charge in [0.1, 0.15) is 0 Å². The van der Waals surface area contributed by atoms with Crippen LogP contribution in [0.3, 0.4) is 0 Å². The second-order valence-electron chi connectivity index (χ2n) is 6.86. The highest BCUT2D eigenvalue weighted by atomic mass is 15.3. The number of nitrogens with zero attached hydrogens (tertiary/aromatic N) is 2. The number of aromatic nitrogens is 2. The Balaban J connectivity index is 1.95. The Labute approximate surface area is 117 Å². The molecule has 0 bridgehead atoms. The molecule has 0 aromatic carbocycles. The average molecular weight is 263 g/mol. The van der Waals surface area contributed by atoms with Gasteiger partial charge in [0.05, 0.1) is 5.69 Å². The lowest BCUT2D eigenvalue weighted by Crippen LogP contribution is -2.36. The van der Waals surface area contributed by atoms with Crippen molar-refractivity contribution in [2.45, 2.75) is 65.5 Å². The predicted molar refractivity (Wildman–Crippen MR) is 80.1 cm³/mol. The molecule has 19 heavy (non-hydrogen) atoms. The van der Waals surface area contributed by atoms with Crippen LogP contribution in [-0.4, -0.2) is 15.8 Å². The van der Waals surface area contributed by atoms with E-state index in [1.165, 1.54) is 30.5 Å². The topological polar surface area (TPSA) is 29.9 Å². The van der Waals surface area contributed by atoms with E-state index in [1.54, 1.807) is 0 Å². The fourth-order valence-electron chi connectivity index (χ4n) is 3.55. The van der Waals surface area contributed by atoms with Crippen LogP contribution in [0.25, 0.3) is 0 Å². The maximum atomic E-state index is 4.58. The molecule has 1 N–H and O–H groups in total. The summed E-state index contributed by atoms with van der Waals surface area (Å²) in [4.78, 5) is 0. The summed E-state index contributed by atoms with van der Waals surface area (Å²) < 4.78 is 1.94. The van der Waals surface area contributed by atoms with Crippen LogP contribution in [-0.2, 0) is 13.6 Å². The SMILES string of the molecule is CC1CC(C)CC(NCc2cn(C)nc2C(C)C)C1. The van der Waals surface area contributed by atoms with E-state index in [0.717, 1.165) is 18.4 Å². The molecule has 1 aromatic heterocycles. The molecule has 0 spiro atoms. The van der Waals surface area contributed by atoms with Crippen molar-refractivity contribution in [1.82, 2.24) is 15.1 Å². The Kier molecular flexibility index (Phi) is 4.67. The Morgan fingerprint density at radius 3 is 2.47 bits per heavy atom. The van der Waals surface area contributed by atoms with Crippen molar-refractivity contribution < 1.29 is 0 Å². The molecule has 0 saturated heterocycles. The lowest BCUT2D eigenvalue weighted by Gasteiger charge is -2.32. The van der Waals surface area contributed by atoms with Crippen LogP contribution in [0, 0.1) is 11.8 Å². The van der Waals surface area contributed by atoms with Crippen molar-refractivity contribution in [1.29, 1.82) is 0 Å². The van der Waals surface area contributed by atoms with E-state index in [-0.39, 0.29) is 0 Å². The molecule has 1 saturated carbocycles. The molecule has 108 valence electrons. The second kappa shape index (κ2) is 6.08. The largest absolute Gasteiger partial charge is 0.310 e. The van der Waals surface area contributed by atoms with Gasteiger partial charge in [-0.05, 0) is 37.0 Å². The first-order valence-electron chi connectivity index (χ1n) is 7.71. The number of rotatable bonds is 4. The molecule has 0 aliphatic heterocycles. The number of hydrogen-bond donors (Lipinski definition) is 1. The minimum absolute atomic E-state index is 0.502. The smallest absolute Gasteiger partial charge is 0.0694 e. The zero-order valence-electron chi connectivity index (χ0n) is 13.1. The molecule has 2 rings (SSSR count). The normalized spacial score (nSPS) is 28.0. The second-order valence-corrected chi connectivity index (χ2v) is 6.86. The molecule has 1 heterocycles. The quantitative estimate of drug-likeness (QED) is 0.901. The van der Waals surface area contributed by atoms with E-state index in [9.17, 15) is 0 Å². The van der Waals surface area contributed by atoms with Gasteiger partial charge in [-0.3, -0.25) is 4.68 Å². The Morgan fingerprint density at radius 2 is 1.89 bits per heavy atom. The summed E-state index contributed by atoms with van der Waals surface area (Å²) in [6, 6.07) is 0.680. The van der Waals surface area contributed by atoms with Crippen molar-refractivity contribution in [2.75, 3.05) is 0 Å². The summed E-state index contributed by atoms with van der Waals surface area (Å²) >= 11 is 0. The molecule has 2 atom stereocenters. The summed E-state index contributed by atoms with van der Waals surface area (Å²) in [5, 5.41) is 8.33. The van der Waals surface area contributed by atoms with Gasteiger partial charge < -0.3 is 5.32 Å². The number of aryl methyl sites for hydroxylation is 1. The first-order valence-corrected chi connectivity index (χ1v) is 7.71. The maximum absolute atomic E-state index is 4.58. The molecule has 2 unspecified atom stereocenters. The van der Waals surface area contributed by atoms with E-state index < -0.39 is 0 Å². The summed E-state index contributed by atoms with van der Waals surface area (Å²) in [5.74, 6) is 2.22. The van der Waals surface area contributed by atoms with Crippen LogP contribution in [0.15, 0.2) is 6.20 Å². The zero-order valence-corrected chi connectivity index (χ0v) is 13.1. The van der Waals surface area contributed by atoms with Crippen LogP contribution < -0.4 is 5.32 Å². The molecule has 1 aliphatic rings. The third-order valence-electron chi connectivity index (χ3n) is 4.24. The lowest BCUT2D eigenvalue weighted by atomic mass is 9.80. The highest BCUT2D eigenvalue weighted by Gasteiger charge is 2.23. The molecule has 3 heteroatoms. The van der Waals surface area contributed by atoms with Crippen molar-refractivity contribution in [3.63, 3.8) is 0 Å². The Bertz CT molecular complexity index is 398. The van der Waals surface area contributed by atoms with Crippen LogP contribution in [0.2, 0.25) is 0 Å². The van der Waals surface area contributed by atoms with Gasteiger partial charge in [-0.2, -0.15) is 5.10 Å². The highest BCUT2D eigenvalue weighted by Crippen LogP contribution is 2.29. The average Bonchev–Trinajstić information content (AvgIpc) is 2.67. The fraction of sp³-hybridized carbons (Fsp3) is 0.812. The van der Waals surface area contributed by atoms with Gasteiger partial charge in [-0.1, -0.05) is 27.7 Å². The maximum Gasteiger partial charge on any atom is 0.0694 e. The molecule has 0 radical (unpaired) electrons. The summed E-state index contributed by atoms with van der Waals surface area (Å²) in [6.07, 6.45) is 6.20. The van der Waals surface area contributed by atoms with Crippen LogP contribution in [0.1, 0.15) is 64.1 Å². The summed E-state index contributed by atoms with van der Waals surface area (Å²) in [6.45, 7) is 10.2. The van der Waals surface area contributed by atoms with Gasteiger partial charge in [-0.25, -0.2) is 0 Å². The van der Waals surface area contributed by atoms with E-state index in [0.29, 0.717) is 12.0 Å². The fourth-order valence-corrected chi connectivity index (χ4v) is 3.55. The molecule has 0 amide bonds. The standard InChI is InChI=1S/C16H29N3/c1-11(2)16-14(10-19(5)18-16)9-17-15-7-12(3)6-13(4)8-15/h10-13,15,17H,6-9H2,1-5H3. The van der Waals surface area contributed by atoms with Gasteiger partial charge in [0.25, 0.3) is 0 Å². The molecule has 1 fully saturated rings. The van der Waals surface area contributed by atoms with Gasteiger partial charge >= 0.3 is 0 Å². The lowest BCUT2D eigenvalue weighted by molar-refractivity contribution is 0.238. The monoisotopic (exact) mass is 263 g/mol. The summed E-state index contributed by atoms with van der Waals surface area (Å²) in [7, 11) is 2.01. The number of nitrogens with one attached hydrogen (secondary N) is 1. The first kappa shape index (κ1) is 14.6. The van der Waals surface area contributed by atoms with Gasteiger partial charge in [0.15, 0.2) is 0 Å². The Hall–Kier alpha value is -0.830. The van der Waals surface area contributed by atoms with E-state index in [2.05, 4.69) is 44.3 Å². The minimum Gasteiger partial charge on any atom is -0.310 e. The molecule has 1 aliphatic carbocycles. The third-order valence-corrected chi connectivity index (χ3v) is 4.24. The van der Waals surface area contributed by atoms with E-state index >= 15 is 0 Å². The van der Waals surface area contributed by atoms with Crippen molar-refractivity contribution >= 4 is 0 Å².